The van der Waals surface area contributed by atoms with Gasteiger partial charge in [-0.25, -0.2) is 8.78 Å². The topological polar surface area (TPSA) is 9.23 Å². The molecule has 152 valence electrons. The minimum Gasteiger partial charge on any atom is -0.432 e. The maximum absolute atomic E-state index is 14.5. The fraction of sp³-hybridized carbons (Fsp3) is 0.727. The highest BCUT2D eigenvalue weighted by atomic mass is 19.3. The first-order valence-corrected chi connectivity index (χ1v) is 10.3. The van der Waals surface area contributed by atoms with Crippen molar-refractivity contribution >= 4 is 0 Å². The number of alkyl halides is 2. The van der Waals surface area contributed by atoms with Crippen molar-refractivity contribution in [2.75, 3.05) is 0 Å². The van der Waals surface area contributed by atoms with Crippen molar-refractivity contribution in [2.45, 2.75) is 77.7 Å². The fourth-order valence-electron chi connectivity index (χ4n) is 4.69. The van der Waals surface area contributed by atoms with Crippen LogP contribution in [0.25, 0.3) is 0 Å². The second kappa shape index (κ2) is 8.40. The molecule has 2 fully saturated rings. The first kappa shape index (κ1) is 20.5. The standard InChI is InChI=1S/C22H30F4O/c1-14-3-5-16(6-4-14)11-17-7-9-18(10-8-17)22(25,26)27-19-12-20(23)15(2)21(24)13-19/h12-14,16-18H,3-11H2,1-2H3. The minimum absolute atomic E-state index is 0.191. The summed E-state index contributed by atoms with van der Waals surface area (Å²) in [6.45, 7) is 3.57. The van der Waals surface area contributed by atoms with Gasteiger partial charge in [0.15, 0.2) is 0 Å². The van der Waals surface area contributed by atoms with Crippen LogP contribution in [0.15, 0.2) is 12.1 Å². The van der Waals surface area contributed by atoms with Crippen molar-refractivity contribution in [3.63, 3.8) is 0 Å². The Morgan fingerprint density at radius 1 is 0.889 bits per heavy atom. The highest BCUT2D eigenvalue weighted by molar-refractivity contribution is 5.30. The van der Waals surface area contributed by atoms with Gasteiger partial charge < -0.3 is 4.74 Å². The molecule has 1 nitrogen and oxygen atoms in total. The summed E-state index contributed by atoms with van der Waals surface area (Å²) in [4.78, 5) is 0. The fourth-order valence-corrected chi connectivity index (χ4v) is 4.69. The summed E-state index contributed by atoms with van der Waals surface area (Å²) in [5.74, 6) is -0.990. The van der Waals surface area contributed by atoms with Gasteiger partial charge in [0.1, 0.15) is 17.4 Å². The third kappa shape index (κ3) is 5.17. The van der Waals surface area contributed by atoms with Crippen molar-refractivity contribution in [3.05, 3.63) is 29.3 Å². The Morgan fingerprint density at radius 2 is 1.37 bits per heavy atom. The lowest BCUT2D eigenvalue weighted by Gasteiger charge is -2.35. The van der Waals surface area contributed by atoms with Crippen LogP contribution in [-0.4, -0.2) is 6.11 Å². The normalized spacial score (nSPS) is 29.6. The summed E-state index contributed by atoms with van der Waals surface area (Å²) in [6.07, 6.45) is 5.23. The number of halogens is 4. The number of rotatable bonds is 5. The van der Waals surface area contributed by atoms with Gasteiger partial charge in [-0.2, -0.15) is 8.78 Å². The zero-order valence-electron chi connectivity index (χ0n) is 16.2. The van der Waals surface area contributed by atoms with Gasteiger partial charge in [0.2, 0.25) is 0 Å². The molecule has 0 aliphatic heterocycles. The molecule has 0 unspecified atom stereocenters. The number of hydrogen-bond acceptors (Lipinski definition) is 1. The smallest absolute Gasteiger partial charge is 0.400 e. The van der Waals surface area contributed by atoms with Crippen molar-refractivity contribution in [2.24, 2.45) is 23.7 Å². The molecule has 27 heavy (non-hydrogen) atoms. The molecule has 2 aliphatic rings. The molecule has 0 aromatic heterocycles. The number of hydrogen-bond donors (Lipinski definition) is 0. The molecule has 0 atom stereocenters. The van der Waals surface area contributed by atoms with E-state index < -0.39 is 29.4 Å². The Hall–Kier alpha value is -1.26. The van der Waals surface area contributed by atoms with Crippen LogP contribution in [0.5, 0.6) is 5.75 Å². The lowest BCUT2D eigenvalue weighted by molar-refractivity contribution is -0.223. The van der Waals surface area contributed by atoms with E-state index in [0.29, 0.717) is 18.8 Å². The summed E-state index contributed by atoms with van der Waals surface area (Å²) in [6, 6.07) is 1.67. The largest absolute Gasteiger partial charge is 0.432 e. The molecule has 5 heteroatoms. The van der Waals surface area contributed by atoms with Crippen LogP contribution < -0.4 is 4.74 Å². The van der Waals surface area contributed by atoms with E-state index in [1.165, 1.54) is 32.6 Å². The molecule has 0 amide bonds. The number of benzene rings is 1. The Morgan fingerprint density at radius 3 is 1.89 bits per heavy atom. The van der Waals surface area contributed by atoms with Gasteiger partial charge in [-0.05, 0) is 56.8 Å². The average Bonchev–Trinajstić information content (AvgIpc) is 2.62. The predicted molar refractivity (Wildman–Crippen MR) is 97.9 cm³/mol. The first-order chi connectivity index (χ1) is 12.7. The Kier molecular flexibility index (Phi) is 6.37. The molecule has 1 aromatic rings. The van der Waals surface area contributed by atoms with E-state index in [-0.39, 0.29) is 5.56 Å². The molecule has 3 rings (SSSR count). The zero-order valence-corrected chi connectivity index (χ0v) is 16.2. The van der Waals surface area contributed by atoms with Crippen LogP contribution >= 0.6 is 0 Å². The second-order valence-corrected chi connectivity index (χ2v) is 8.76. The molecule has 0 saturated heterocycles. The maximum Gasteiger partial charge on any atom is 0.400 e. The minimum atomic E-state index is -3.40. The molecular weight excluding hydrogens is 356 g/mol. The van der Waals surface area contributed by atoms with Gasteiger partial charge in [-0.15, -0.1) is 0 Å². The summed E-state index contributed by atoms with van der Waals surface area (Å²) >= 11 is 0. The van der Waals surface area contributed by atoms with Gasteiger partial charge >= 0.3 is 6.11 Å². The van der Waals surface area contributed by atoms with Gasteiger partial charge in [-0.3, -0.25) is 0 Å². The van der Waals surface area contributed by atoms with E-state index in [4.69, 9.17) is 4.74 Å². The monoisotopic (exact) mass is 386 g/mol. The first-order valence-electron chi connectivity index (χ1n) is 10.3. The SMILES string of the molecule is Cc1c(F)cc(OC(F)(F)C2CCC(CC3CCC(C)CC3)CC2)cc1F. The van der Waals surface area contributed by atoms with Crippen LogP contribution in [0.3, 0.4) is 0 Å². The van der Waals surface area contributed by atoms with Crippen LogP contribution in [0.1, 0.15) is 70.3 Å². The van der Waals surface area contributed by atoms with E-state index in [2.05, 4.69) is 6.92 Å². The van der Waals surface area contributed by atoms with E-state index in [1.807, 2.05) is 0 Å². The van der Waals surface area contributed by atoms with Gasteiger partial charge in [0.25, 0.3) is 0 Å². The summed E-state index contributed by atoms with van der Waals surface area (Å²) in [5.41, 5.74) is -0.191. The quantitative estimate of drug-likeness (QED) is 0.484. The summed E-state index contributed by atoms with van der Waals surface area (Å²) in [7, 11) is 0. The van der Waals surface area contributed by atoms with E-state index in [9.17, 15) is 17.6 Å². The summed E-state index contributed by atoms with van der Waals surface area (Å²) in [5, 5.41) is 0. The van der Waals surface area contributed by atoms with Crippen LogP contribution in [-0.2, 0) is 0 Å². The highest BCUT2D eigenvalue weighted by Crippen LogP contribution is 2.43. The third-order valence-corrected chi connectivity index (χ3v) is 6.63. The van der Waals surface area contributed by atoms with Crippen LogP contribution in [0, 0.1) is 42.2 Å². The Bertz CT molecular complexity index is 606. The van der Waals surface area contributed by atoms with Gasteiger partial charge in [0.05, 0.1) is 5.92 Å². The molecule has 0 bridgehead atoms. The van der Waals surface area contributed by atoms with Crippen molar-refractivity contribution in [3.8, 4) is 5.75 Å². The molecule has 1 aromatic carbocycles. The molecular formula is C22H30F4O. The zero-order chi connectivity index (χ0) is 19.6. The average molecular weight is 386 g/mol. The highest BCUT2D eigenvalue weighted by Gasteiger charge is 2.44. The van der Waals surface area contributed by atoms with Crippen molar-refractivity contribution in [1.82, 2.24) is 0 Å². The molecule has 0 spiro atoms. The maximum atomic E-state index is 14.5. The van der Waals surface area contributed by atoms with Gasteiger partial charge in [0, 0.05) is 17.7 Å². The van der Waals surface area contributed by atoms with E-state index in [0.717, 1.165) is 43.2 Å². The third-order valence-electron chi connectivity index (χ3n) is 6.63. The Balaban J connectivity index is 1.52. The van der Waals surface area contributed by atoms with Crippen molar-refractivity contribution in [1.29, 1.82) is 0 Å². The molecule has 0 heterocycles. The predicted octanol–water partition coefficient (Wildman–Crippen LogP) is 7.27. The second-order valence-electron chi connectivity index (χ2n) is 8.76. The molecule has 0 N–H and O–H groups in total. The van der Waals surface area contributed by atoms with E-state index >= 15 is 0 Å². The Labute approximate surface area is 159 Å². The molecule has 0 radical (unpaired) electrons. The molecule has 2 aliphatic carbocycles. The van der Waals surface area contributed by atoms with Crippen LogP contribution in [0.2, 0.25) is 0 Å². The molecule has 2 saturated carbocycles. The number of ether oxygens (including phenoxy) is 1. The van der Waals surface area contributed by atoms with Gasteiger partial charge in [-0.1, -0.05) is 32.6 Å². The lowest BCUT2D eigenvalue weighted by atomic mass is 9.73. The lowest BCUT2D eigenvalue weighted by Crippen LogP contribution is -2.37. The van der Waals surface area contributed by atoms with E-state index in [1.54, 1.807) is 0 Å². The summed E-state index contributed by atoms with van der Waals surface area (Å²) < 4.78 is 61.0. The van der Waals surface area contributed by atoms with Crippen molar-refractivity contribution < 1.29 is 22.3 Å². The van der Waals surface area contributed by atoms with Crippen LogP contribution in [0.4, 0.5) is 17.6 Å².